The van der Waals surface area contributed by atoms with Crippen LogP contribution in [0.5, 0.6) is 0 Å². The van der Waals surface area contributed by atoms with Crippen LogP contribution in [0.2, 0.25) is 0 Å². The summed E-state index contributed by atoms with van der Waals surface area (Å²) in [7, 11) is -3.55. The zero-order valence-electron chi connectivity index (χ0n) is 18.1. The van der Waals surface area contributed by atoms with Gasteiger partial charge in [-0.15, -0.1) is 0 Å². The molecule has 1 N–H and O–H groups in total. The maximum absolute atomic E-state index is 13.1. The van der Waals surface area contributed by atoms with Crippen LogP contribution in [0.15, 0.2) is 83.5 Å². The fourth-order valence-corrected chi connectivity index (χ4v) is 5.23. The van der Waals surface area contributed by atoms with Crippen molar-refractivity contribution in [2.75, 3.05) is 18.4 Å². The van der Waals surface area contributed by atoms with Crippen molar-refractivity contribution in [3.63, 3.8) is 0 Å². The van der Waals surface area contributed by atoms with Gasteiger partial charge in [-0.05, 0) is 67.3 Å². The van der Waals surface area contributed by atoms with Gasteiger partial charge in [-0.1, -0.05) is 35.9 Å². The molecule has 3 aromatic rings. The number of anilines is 1. The van der Waals surface area contributed by atoms with Crippen LogP contribution in [0, 0.1) is 6.92 Å². The molecule has 7 heteroatoms. The number of hydrogen-bond donors (Lipinski definition) is 1. The Morgan fingerprint density at radius 3 is 2.41 bits per heavy atom. The number of aryl methyl sites for hydroxylation is 1. The first-order chi connectivity index (χ1) is 15.4. The number of nitrogens with one attached hydrogen (secondary N) is 1. The lowest BCUT2D eigenvalue weighted by Crippen LogP contribution is -2.36. The average molecular weight is 448 g/mol. The number of aromatic nitrogens is 1. The third-order valence-corrected chi connectivity index (χ3v) is 7.58. The first-order valence-electron chi connectivity index (χ1n) is 10.4. The summed E-state index contributed by atoms with van der Waals surface area (Å²) in [6.07, 6.45) is 3.94. The lowest BCUT2D eigenvalue weighted by molar-refractivity contribution is 0.102. The molecule has 0 spiro atoms. The standard InChI is InChI=1S/C25H25N3O3S/c1-18-13-15-28(32(30,31)22-6-4-3-5-7-22)17-24(18)20-8-10-21(11-9-20)27-25(29)23-12-14-26-16-19(23)2/h3-12,14,16H,13,15,17H2,1-2H3,(H,27,29). The molecule has 0 fully saturated rings. The Morgan fingerprint density at radius 1 is 1.00 bits per heavy atom. The summed E-state index contributed by atoms with van der Waals surface area (Å²) in [6.45, 7) is 4.68. The number of nitrogens with zero attached hydrogens (tertiary/aromatic N) is 2. The summed E-state index contributed by atoms with van der Waals surface area (Å²) < 4.78 is 27.7. The molecule has 32 heavy (non-hydrogen) atoms. The fraction of sp³-hybridized carbons (Fsp3) is 0.200. The SMILES string of the molecule is CC1=C(c2ccc(NC(=O)c3ccncc3C)cc2)CN(S(=O)(=O)c2ccccc2)CC1. The zero-order valence-corrected chi connectivity index (χ0v) is 18.9. The highest BCUT2D eigenvalue weighted by Crippen LogP contribution is 2.30. The Bertz CT molecular complexity index is 1270. The van der Waals surface area contributed by atoms with Crippen molar-refractivity contribution in [3.8, 4) is 0 Å². The number of sulfonamides is 1. The second-order valence-corrected chi connectivity index (χ2v) is 9.82. The molecule has 0 aliphatic carbocycles. The molecule has 0 atom stereocenters. The second kappa shape index (κ2) is 9.06. The summed E-state index contributed by atoms with van der Waals surface area (Å²) in [5.74, 6) is -0.189. The minimum atomic E-state index is -3.55. The first-order valence-corrected chi connectivity index (χ1v) is 11.9. The third kappa shape index (κ3) is 4.49. The summed E-state index contributed by atoms with van der Waals surface area (Å²) in [6, 6.07) is 17.8. The third-order valence-electron chi connectivity index (χ3n) is 5.72. The molecule has 4 rings (SSSR count). The second-order valence-electron chi connectivity index (χ2n) is 7.88. The molecule has 2 heterocycles. The van der Waals surface area contributed by atoms with Gasteiger partial charge in [0.05, 0.1) is 4.90 Å². The van der Waals surface area contributed by atoms with E-state index in [4.69, 9.17) is 0 Å². The zero-order chi connectivity index (χ0) is 22.7. The number of pyridine rings is 1. The molecule has 0 radical (unpaired) electrons. The molecule has 0 unspecified atom stereocenters. The lowest BCUT2D eigenvalue weighted by Gasteiger charge is -2.29. The largest absolute Gasteiger partial charge is 0.322 e. The van der Waals surface area contributed by atoms with Crippen LogP contribution in [-0.2, 0) is 10.0 Å². The maximum Gasteiger partial charge on any atom is 0.256 e. The van der Waals surface area contributed by atoms with Crippen LogP contribution in [0.3, 0.4) is 0 Å². The van der Waals surface area contributed by atoms with Gasteiger partial charge in [0.15, 0.2) is 0 Å². The minimum Gasteiger partial charge on any atom is -0.322 e. The number of amides is 1. The predicted molar refractivity (Wildman–Crippen MR) is 126 cm³/mol. The average Bonchev–Trinajstić information content (AvgIpc) is 2.80. The smallest absolute Gasteiger partial charge is 0.256 e. The van der Waals surface area contributed by atoms with E-state index in [9.17, 15) is 13.2 Å². The lowest BCUT2D eigenvalue weighted by atomic mass is 9.96. The highest BCUT2D eigenvalue weighted by Gasteiger charge is 2.28. The van der Waals surface area contributed by atoms with Crippen molar-refractivity contribution >= 4 is 27.2 Å². The van der Waals surface area contributed by atoms with Crippen molar-refractivity contribution in [2.24, 2.45) is 0 Å². The van der Waals surface area contributed by atoms with E-state index in [1.54, 1.807) is 48.8 Å². The van der Waals surface area contributed by atoms with E-state index in [-0.39, 0.29) is 5.91 Å². The van der Waals surface area contributed by atoms with Crippen molar-refractivity contribution in [3.05, 3.63) is 95.3 Å². The molecule has 6 nitrogen and oxygen atoms in total. The van der Waals surface area contributed by atoms with Crippen molar-refractivity contribution in [1.82, 2.24) is 9.29 Å². The van der Waals surface area contributed by atoms with E-state index >= 15 is 0 Å². The fourth-order valence-electron chi connectivity index (χ4n) is 3.80. The molecular weight excluding hydrogens is 422 g/mol. The molecule has 0 saturated carbocycles. The van der Waals surface area contributed by atoms with Crippen molar-refractivity contribution in [2.45, 2.75) is 25.2 Å². The van der Waals surface area contributed by atoms with Gasteiger partial charge in [-0.25, -0.2) is 8.42 Å². The Kier molecular flexibility index (Phi) is 6.21. The van der Waals surface area contributed by atoms with Gasteiger partial charge in [0.1, 0.15) is 0 Å². The number of carbonyl (C=O) groups is 1. The molecule has 1 aromatic heterocycles. The van der Waals surface area contributed by atoms with Crippen LogP contribution in [0.1, 0.15) is 34.8 Å². The number of rotatable bonds is 5. The van der Waals surface area contributed by atoms with Crippen molar-refractivity contribution in [1.29, 1.82) is 0 Å². The topological polar surface area (TPSA) is 79.4 Å². The number of hydrogen-bond acceptors (Lipinski definition) is 4. The van der Waals surface area contributed by atoms with Gasteiger partial charge < -0.3 is 5.32 Å². The number of carbonyl (C=O) groups excluding carboxylic acids is 1. The Morgan fingerprint density at radius 2 is 1.72 bits per heavy atom. The Balaban J connectivity index is 1.52. The normalized spacial score (nSPS) is 14.9. The Hall–Kier alpha value is -3.29. The molecule has 2 aromatic carbocycles. The minimum absolute atomic E-state index is 0.189. The summed E-state index contributed by atoms with van der Waals surface area (Å²) in [4.78, 5) is 16.9. The maximum atomic E-state index is 13.1. The van der Waals surface area contributed by atoms with Gasteiger partial charge in [0, 0.05) is 36.7 Å². The molecule has 0 bridgehead atoms. The van der Waals surface area contributed by atoms with Crippen LogP contribution in [-0.4, -0.2) is 36.7 Å². The molecule has 1 aliphatic heterocycles. The van der Waals surface area contributed by atoms with E-state index in [1.165, 1.54) is 9.88 Å². The van der Waals surface area contributed by atoms with E-state index < -0.39 is 10.0 Å². The summed E-state index contributed by atoms with van der Waals surface area (Å²) in [5, 5.41) is 2.91. The van der Waals surface area contributed by atoms with Gasteiger partial charge in [0.2, 0.25) is 10.0 Å². The van der Waals surface area contributed by atoms with E-state index in [2.05, 4.69) is 10.3 Å². The monoisotopic (exact) mass is 447 g/mol. The molecule has 1 amide bonds. The number of benzene rings is 2. The van der Waals surface area contributed by atoms with Crippen LogP contribution >= 0.6 is 0 Å². The van der Waals surface area contributed by atoms with Gasteiger partial charge in [-0.2, -0.15) is 4.31 Å². The Labute approximate surface area is 188 Å². The van der Waals surface area contributed by atoms with E-state index in [0.717, 1.165) is 16.7 Å². The molecule has 164 valence electrons. The molecule has 0 saturated heterocycles. The highest BCUT2D eigenvalue weighted by atomic mass is 32.2. The van der Waals surface area contributed by atoms with Gasteiger partial charge in [0.25, 0.3) is 5.91 Å². The van der Waals surface area contributed by atoms with E-state index in [0.29, 0.717) is 35.7 Å². The summed E-state index contributed by atoms with van der Waals surface area (Å²) in [5.41, 5.74) is 5.19. The summed E-state index contributed by atoms with van der Waals surface area (Å²) >= 11 is 0. The molecular formula is C25H25N3O3S. The predicted octanol–water partition coefficient (Wildman–Crippen LogP) is 4.51. The van der Waals surface area contributed by atoms with Gasteiger partial charge >= 0.3 is 0 Å². The van der Waals surface area contributed by atoms with Gasteiger partial charge in [-0.3, -0.25) is 9.78 Å². The van der Waals surface area contributed by atoms with E-state index in [1.807, 2.05) is 38.1 Å². The van der Waals surface area contributed by atoms with Crippen LogP contribution in [0.25, 0.3) is 5.57 Å². The first kappa shape index (κ1) is 21.9. The highest BCUT2D eigenvalue weighted by molar-refractivity contribution is 7.89. The molecule has 1 aliphatic rings. The van der Waals surface area contributed by atoms with Crippen LogP contribution < -0.4 is 5.32 Å². The van der Waals surface area contributed by atoms with Crippen molar-refractivity contribution < 1.29 is 13.2 Å². The van der Waals surface area contributed by atoms with Crippen LogP contribution in [0.4, 0.5) is 5.69 Å². The quantitative estimate of drug-likeness (QED) is 0.624.